The summed E-state index contributed by atoms with van der Waals surface area (Å²) in [4.78, 5) is 1.45. The van der Waals surface area contributed by atoms with Crippen LogP contribution in [0.25, 0.3) is 0 Å². The Labute approximate surface area is 124 Å². The molecule has 1 N–H and O–H groups in total. The van der Waals surface area contributed by atoms with Crippen molar-refractivity contribution in [2.75, 3.05) is 11.9 Å². The number of aryl methyl sites for hydroxylation is 1. The van der Waals surface area contributed by atoms with Gasteiger partial charge in [0.25, 0.3) is 0 Å². The number of benzene rings is 1. The van der Waals surface area contributed by atoms with Crippen molar-refractivity contribution in [3.63, 3.8) is 0 Å². The highest BCUT2D eigenvalue weighted by atomic mass is 32.1. The largest absolute Gasteiger partial charge is 0.494 e. The maximum absolute atomic E-state index is 5.55. The molecule has 3 rings (SSSR count). The van der Waals surface area contributed by atoms with Crippen molar-refractivity contribution >= 4 is 17.0 Å². The van der Waals surface area contributed by atoms with E-state index in [1.807, 2.05) is 18.3 Å². The highest BCUT2D eigenvalue weighted by Gasteiger charge is 2.33. The van der Waals surface area contributed by atoms with Gasteiger partial charge in [0, 0.05) is 10.6 Å². The van der Waals surface area contributed by atoms with Crippen molar-refractivity contribution in [2.24, 2.45) is 5.92 Å². The average Bonchev–Trinajstić information content (AvgIpc) is 3.13. The molecule has 1 aliphatic carbocycles. The maximum Gasteiger partial charge on any atom is 0.119 e. The van der Waals surface area contributed by atoms with E-state index >= 15 is 0 Å². The summed E-state index contributed by atoms with van der Waals surface area (Å²) < 4.78 is 5.55. The van der Waals surface area contributed by atoms with Crippen LogP contribution in [-0.2, 0) is 0 Å². The Kier molecular flexibility index (Phi) is 3.97. The van der Waals surface area contributed by atoms with Gasteiger partial charge in [0.1, 0.15) is 5.75 Å². The van der Waals surface area contributed by atoms with Crippen molar-refractivity contribution in [1.82, 2.24) is 0 Å². The minimum atomic E-state index is 0.464. The number of rotatable bonds is 6. The van der Waals surface area contributed by atoms with Gasteiger partial charge in [-0.3, -0.25) is 0 Å². The zero-order valence-corrected chi connectivity index (χ0v) is 12.9. The quantitative estimate of drug-likeness (QED) is 0.805. The Hall–Kier alpha value is -1.48. The van der Waals surface area contributed by atoms with Gasteiger partial charge < -0.3 is 10.1 Å². The highest BCUT2D eigenvalue weighted by Crippen LogP contribution is 2.44. The first-order valence-electron chi connectivity index (χ1n) is 7.31. The van der Waals surface area contributed by atoms with E-state index in [1.165, 1.54) is 29.0 Å². The molecule has 0 radical (unpaired) electrons. The first kappa shape index (κ1) is 13.5. The second kappa shape index (κ2) is 5.88. The van der Waals surface area contributed by atoms with Crippen LogP contribution < -0.4 is 10.1 Å². The second-order valence-corrected chi connectivity index (χ2v) is 6.36. The van der Waals surface area contributed by atoms with Gasteiger partial charge in [0.15, 0.2) is 0 Å². The van der Waals surface area contributed by atoms with Crippen molar-refractivity contribution < 1.29 is 4.74 Å². The van der Waals surface area contributed by atoms with Crippen LogP contribution in [0, 0.1) is 12.8 Å². The van der Waals surface area contributed by atoms with Gasteiger partial charge in [-0.2, -0.15) is 0 Å². The van der Waals surface area contributed by atoms with E-state index in [1.54, 1.807) is 0 Å². The Morgan fingerprint density at radius 1 is 1.35 bits per heavy atom. The summed E-state index contributed by atoms with van der Waals surface area (Å²) in [6.07, 6.45) is 2.68. The number of anilines is 1. The molecule has 0 saturated heterocycles. The Morgan fingerprint density at radius 3 is 2.80 bits per heavy atom. The van der Waals surface area contributed by atoms with Crippen LogP contribution in [-0.4, -0.2) is 6.61 Å². The first-order chi connectivity index (χ1) is 9.78. The van der Waals surface area contributed by atoms with Crippen molar-refractivity contribution in [3.05, 3.63) is 46.2 Å². The molecule has 1 saturated carbocycles. The van der Waals surface area contributed by atoms with E-state index in [2.05, 4.69) is 48.0 Å². The van der Waals surface area contributed by atoms with Crippen molar-refractivity contribution in [1.29, 1.82) is 0 Å². The normalized spacial score (nSPS) is 15.9. The number of ether oxygens (including phenoxy) is 1. The molecule has 0 aliphatic heterocycles. The van der Waals surface area contributed by atoms with Crippen molar-refractivity contribution in [3.8, 4) is 5.75 Å². The van der Waals surface area contributed by atoms with Gasteiger partial charge in [-0.05, 0) is 67.8 Å². The molecule has 106 valence electrons. The van der Waals surface area contributed by atoms with Gasteiger partial charge in [-0.25, -0.2) is 0 Å². The molecular formula is C17H21NOS. The highest BCUT2D eigenvalue weighted by molar-refractivity contribution is 7.10. The average molecular weight is 287 g/mol. The van der Waals surface area contributed by atoms with Gasteiger partial charge in [0.2, 0.25) is 0 Å². The molecular weight excluding hydrogens is 266 g/mol. The molecule has 1 aromatic carbocycles. The summed E-state index contributed by atoms with van der Waals surface area (Å²) >= 11 is 1.85. The van der Waals surface area contributed by atoms with Crippen LogP contribution in [0.5, 0.6) is 5.75 Å². The van der Waals surface area contributed by atoms with Crippen LogP contribution in [0.15, 0.2) is 35.7 Å². The van der Waals surface area contributed by atoms with Gasteiger partial charge in [0.05, 0.1) is 12.6 Å². The molecule has 20 heavy (non-hydrogen) atoms. The van der Waals surface area contributed by atoms with E-state index in [9.17, 15) is 0 Å². The minimum absolute atomic E-state index is 0.464. The lowest BCUT2D eigenvalue weighted by molar-refractivity contribution is 0.340. The van der Waals surface area contributed by atoms with Crippen LogP contribution in [0.2, 0.25) is 0 Å². The van der Waals surface area contributed by atoms with E-state index in [-0.39, 0.29) is 0 Å². The zero-order chi connectivity index (χ0) is 13.9. The van der Waals surface area contributed by atoms with E-state index < -0.39 is 0 Å². The fourth-order valence-corrected chi connectivity index (χ4v) is 3.41. The van der Waals surface area contributed by atoms with Crippen LogP contribution in [0.3, 0.4) is 0 Å². The topological polar surface area (TPSA) is 21.3 Å². The number of nitrogens with one attached hydrogen (secondary N) is 1. The molecule has 1 aliphatic rings. The summed E-state index contributed by atoms with van der Waals surface area (Å²) in [5.74, 6) is 1.74. The van der Waals surface area contributed by atoms with Crippen LogP contribution in [0.1, 0.15) is 36.2 Å². The lowest BCUT2D eigenvalue weighted by Crippen LogP contribution is -2.12. The molecule has 1 aromatic heterocycles. The monoisotopic (exact) mass is 287 g/mol. The predicted octanol–water partition coefficient (Wildman–Crippen LogP) is 5.02. The van der Waals surface area contributed by atoms with Crippen molar-refractivity contribution in [2.45, 2.75) is 32.7 Å². The van der Waals surface area contributed by atoms with Crippen LogP contribution in [0.4, 0.5) is 5.69 Å². The first-order valence-corrected chi connectivity index (χ1v) is 8.19. The Balaban J connectivity index is 1.78. The third kappa shape index (κ3) is 2.98. The molecule has 1 atom stereocenters. The van der Waals surface area contributed by atoms with E-state index in [0.29, 0.717) is 12.6 Å². The Morgan fingerprint density at radius 2 is 2.20 bits per heavy atom. The van der Waals surface area contributed by atoms with E-state index in [4.69, 9.17) is 4.74 Å². The molecule has 0 amide bonds. The molecule has 0 spiro atoms. The van der Waals surface area contributed by atoms with E-state index in [0.717, 1.165) is 11.7 Å². The molecule has 1 fully saturated rings. The predicted molar refractivity (Wildman–Crippen MR) is 85.8 cm³/mol. The fourth-order valence-electron chi connectivity index (χ4n) is 2.54. The smallest absolute Gasteiger partial charge is 0.119 e. The summed E-state index contributed by atoms with van der Waals surface area (Å²) in [6, 6.07) is 11.2. The van der Waals surface area contributed by atoms with Gasteiger partial charge in [-0.15, -0.1) is 11.3 Å². The summed E-state index contributed by atoms with van der Waals surface area (Å²) in [6.45, 7) is 4.87. The summed E-state index contributed by atoms with van der Waals surface area (Å²) in [5.41, 5.74) is 2.47. The summed E-state index contributed by atoms with van der Waals surface area (Å²) in [7, 11) is 0. The standard InChI is InChI=1S/C17H21NOS/c1-3-19-14-8-9-15(12(2)11-14)18-17(13-6-7-13)16-5-4-10-20-16/h4-5,8-11,13,17-18H,3,6-7H2,1-2H3. The molecule has 0 bridgehead atoms. The maximum atomic E-state index is 5.55. The minimum Gasteiger partial charge on any atom is -0.494 e. The van der Waals surface area contributed by atoms with Gasteiger partial charge >= 0.3 is 0 Å². The molecule has 1 unspecified atom stereocenters. The third-order valence-corrected chi connectivity index (χ3v) is 4.72. The molecule has 1 heterocycles. The Bertz CT molecular complexity index is 560. The molecule has 3 heteroatoms. The SMILES string of the molecule is CCOc1ccc(NC(c2cccs2)C2CC2)c(C)c1. The number of thiophene rings is 1. The zero-order valence-electron chi connectivity index (χ0n) is 12.1. The van der Waals surface area contributed by atoms with Gasteiger partial charge in [-0.1, -0.05) is 6.07 Å². The van der Waals surface area contributed by atoms with Crippen LogP contribution >= 0.6 is 11.3 Å². The fraction of sp³-hybridized carbons (Fsp3) is 0.412. The molecule has 2 aromatic rings. The third-order valence-electron chi connectivity index (χ3n) is 3.76. The lowest BCUT2D eigenvalue weighted by atomic mass is 10.1. The summed E-state index contributed by atoms with van der Waals surface area (Å²) in [5, 5.41) is 5.90. The second-order valence-electron chi connectivity index (χ2n) is 5.38. The molecule has 2 nitrogen and oxygen atoms in total. The number of hydrogen-bond donors (Lipinski definition) is 1. The number of hydrogen-bond acceptors (Lipinski definition) is 3. The lowest BCUT2D eigenvalue weighted by Gasteiger charge is -2.20.